The monoisotopic (exact) mass is 372 g/mol. The summed E-state index contributed by atoms with van der Waals surface area (Å²) in [5.74, 6) is 1.15. The maximum atomic E-state index is 12.6. The van der Waals surface area contributed by atoms with Crippen LogP contribution in [-0.4, -0.2) is 62.6 Å². The number of rotatable bonds is 3. The molecule has 148 valence electrons. The molecule has 1 aromatic heterocycles. The fraction of sp³-hybridized carbons (Fsp3) is 0.762. The molecule has 0 atom stereocenters. The molecule has 2 saturated heterocycles. The molecule has 2 aliphatic heterocycles. The van der Waals surface area contributed by atoms with Gasteiger partial charge in [0, 0.05) is 43.5 Å². The fourth-order valence-corrected chi connectivity index (χ4v) is 5.10. The molecule has 1 spiro atoms. The van der Waals surface area contributed by atoms with Crippen molar-refractivity contribution in [1.82, 2.24) is 19.8 Å². The maximum Gasteiger partial charge on any atom is 0.222 e. The molecule has 3 heterocycles. The van der Waals surface area contributed by atoms with Crippen LogP contribution in [0.3, 0.4) is 0 Å². The number of hydrogen-bond acceptors (Lipinski definition) is 5. The number of carbonyl (C=O) groups is 1. The van der Waals surface area contributed by atoms with Gasteiger partial charge in [-0.15, -0.1) is 0 Å². The Labute approximate surface area is 162 Å². The van der Waals surface area contributed by atoms with Gasteiger partial charge in [0.1, 0.15) is 5.82 Å². The number of aliphatic hydroxyl groups is 1. The Morgan fingerprint density at radius 2 is 1.78 bits per heavy atom. The molecule has 0 unspecified atom stereocenters. The Morgan fingerprint density at radius 3 is 2.44 bits per heavy atom. The molecule has 6 nitrogen and oxygen atoms in total. The summed E-state index contributed by atoms with van der Waals surface area (Å²) in [6.45, 7) is 5.92. The molecule has 3 fully saturated rings. The van der Waals surface area contributed by atoms with Crippen molar-refractivity contribution in [3.63, 3.8) is 0 Å². The summed E-state index contributed by atoms with van der Waals surface area (Å²) in [5, 5.41) is 9.78. The molecule has 4 rings (SSSR count). The van der Waals surface area contributed by atoms with E-state index in [0.717, 1.165) is 64.1 Å². The van der Waals surface area contributed by atoms with E-state index < -0.39 is 0 Å². The first-order valence-corrected chi connectivity index (χ1v) is 10.5. The molecule has 27 heavy (non-hydrogen) atoms. The lowest BCUT2D eigenvalue weighted by atomic mass is 9.71. The van der Waals surface area contributed by atoms with E-state index in [1.54, 1.807) is 0 Å². The summed E-state index contributed by atoms with van der Waals surface area (Å²) in [6, 6.07) is 0.348. The number of aromatic nitrogens is 2. The average molecular weight is 373 g/mol. The summed E-state index contributed by atoms with van der Waals surface area (Å²) in [6.07, 6.45) is 11.4. The van der Waals surface area contributed by atoms with Gasteiger partial charge in [0.05, 0.1) is 6.10 Å². The highest BCUT2D eigenvalue weighted by Gasteiger charge is 2.43. The molecule has 1 amide bonds. The van der Waals surface area contributed by atoms with Gasteiger partial charge in [-0.3, -0.25) is 9.69 Å². The van der Waals surface area contributed by atoms with Gasteiger partial charge in [-0.25, -0.2) is 9.97 Å². The standard InChI is InChI=1S/C21H32N4O2/c1-16-22-12-17(13-23-16)14-24-10-8-21(9-11-24)7-6-20(27)25(15-21)18-2-4-19(26)5-3-18/h12-13,18-19,26H,2-11,14-15H2,1H3. The van der Waals surface area contributed by atoms with Crippen molar-refractivity contribution in [2.75, 3.05) is 19.6 Å². The number of carbonyl (C=O) groups excluding carboxylic acids is 1. The van der Waals surface area contributed by atoms with E-state index >= 15 is 0 Å². The van der Waals surface area contributed by atoms with Crippen LogP contribution in [0.5, 0.6) is 0 Å². The zero-order chi connectivity index (χ0) is 18.9. The van der Waals surface area contributed by atoms with Gasteiger partial charge >= 0.3 is 0 Å². The summed E-state index contributed by atoms with van der Waals surface area (Å²) < 4.78 is 0. The van der Waals surface area contributed by atoms with Crippen LogP contribution in [0.2, 0.25) is 0 Å². The molecule has 3 aliphatic rings. The highest BCUT2D eigenvalue weighted by molar-refractivity contribution is 5.77. The number of nitrogens with zero attached hydrogens (tertiary/aromatic N) is 4. The Morgan fingerprint density at radius 1 is 1.11 bits per heavy atom. The van der Waals surface area contributed by atoms with Crippen LogP contribution in [0.25, 0.3) is 0 Å². The van der Waals surface area contributed by atoms with Gasteiger partial charge in [-0.05, 0) is 70.4 Å². The molecule has 0 bridgehead atoms. The van der Waals surface area contributed by atoms with Gasteiger partial charge in [0.25, 0.3) is 0 Å². The SMILES string of the molecule is Cc1ncc(CN2CCC3(CCC(=O)N(C4CCC(O)CC4)C3)CC2)cn1. The van der Waals surface area contributed by atoms with Crippen LogP contribution < -0.4 is 0 Å². The van der Waals surface area contributed by atoms with E-state index in [0.29, 0.717) is 23.8 Å². The third-order valence-corrected chi connectivity index (χ3v) is 6.96. The van der Waals surface area contributed by atoms with Crippen LogP contribution in [0.4, 0.5) is 0 Å². The van der Waals surface area contributed by atoms with E-state index in [4.69, 9.17) is 0 Å². The Balaban J connectivity index is 1.34. The van der Waals surface area contributed by atoms with Crippen molar-refractivity contribution >= 4 is 5.91 Å². The molecule has 0 aromatic carbocycles. The quantitative estimate of drug-likeness (QED) is 0.882. The number of aliphatic hydroxyl groups excluding tert-OH is 1. The predicted octanol–water partition coefficient (Wildman–Crippen LogP) is 2.29. The first kappa shape index (κ1) is 18.8. The number of amides is 1. The van der Waals surface area contributed by atoms with Crippen LogP contribution in [0.15, 0.2) is 12.4 Å². The first-order chi connectivity index (χ1) is 13.0. The second kappa shape index (κ2) is 7.84. The zero-order valence-electron chi connectivity index (χ0n) is 16.4. The maximum absolute atomic E-state index is 12.6. The summed E-state index contributed by atoms with van der Waals surface area (Å²) in [5.41, 5.74) is 1.47. The second-order valence-corrected chi connectivity index (χ2v) is 8.90. The Hall–Kier alpha value is -1.53. The van der Waals surface area contributed by atoms with Crippen LogP contribution in [0.1, 0.15) is 62.8 Å². The van der Waals surface area contributed by atoms with Crippen molar-refractivity contribution in [2.24, 2.45) is 5.41 Å². The smallest absolute Gasteiger partial charge is 0.222 e. The highest BCUT2D eigenvalue weighted by atomic mass is 16.3. The van der Waals surface area contributed by atoms with Crippen LogP contribution in [-0.2, 0) is 11.3 Å². The van der Waals surface area contributed by atoms with E-state index in [-0.39, 0.29) is 6.10 Å². The molecule has 6 heteroatoms. The highest BCUT2D eigenvalue weighted by Crippen LogP contribution is 2.42. The zero-order valence-corrected chi connectivity index (χ0v) is 16.4. The predicted molar refractivity (Wildman–Crippen MR) is 103 cm³/mol. The molecular weight excluding hydrogens is 340 g/mol. The van der Waals surface area contributed by atoms with Crippen LogP contribution in [0, 0.1) is 12.3 Å². The molecule has 0 radical (unpaired) electrons. The minimum Gasteiger partial charge on any atom is -0.393 e. The summed E-state index contributed by atoms with van der Waals surface area (Å²) in [4.78, 5) is 25.9. The van der Waals surface area contributed by atoms with Gasteiger partial charge < -0.3 is 10.0 Å². The van der Waals surface area contributed by atoms with E-state index in [9.17, 15) is 9.90 Å². The minimum atomic E-state index is -0.163. The van der Waals surface area contributed by atoms with Crippen molar-refractivity contribution < 1.29 is 9.90 Å². The Kier molecular flexibility index (Phi) is 5.46. The second-order valence-electron chi connectivity index (χ2n) is 8.90. The average Bonchev–Trinajstić information content (AvgIpc) is 2.68. The third-order valence-electron chi connectivity index (χ3n) is 6.96. The molecular formula is C21H32N4O2. The van der Waals surface area contributed by atoms with Gasteiger partial charge in [-0.1, -0.05) is 0 Å². The van der Waals surface area contributed by atoms with Crippen molar-refractivity contribution in [3.8, 4) is 0 Å². The van der Waals surface area contributed by atoms with Gasteiger partial charge in [0.2, 0.25) is 5.91 Å². The van der Waals surface area contributed by atoms with Gasteiger partial charge in [0.15, 0.2) is 0 Å². The van der Waals surface area contributed by atoms with Crippen molar-refractivity contribution in [1.29, 1.82) is 0 Å². The lowest BCUT2D eigenvalue weighted by molar-refractivity contribution is -0.143. The van der Waals surface area contributed by atoms with E-state index in [1.807, 2.05) is 19.3 Å². The van der Waals surface area contributed by atoms with Crippen molar-refractivity contribution in [3.05, 3.63) is 23.8 Å². The summed E-state index contributed by atoms with van der Waals surface area (Å²) in [7, 11) is 0. The third kappa shape index (κ3) is 4.32. The van der Waals surface area contributed by atoms with E-state index in [2.05, 4.69) is 19.8 Å². The van der Waals surface area contributed by atoms with E-state index in [1.165, 1.54) is 18.4 Å². The lowest BCUT2D eigenvalue weighted by Crippen LogP contribution is -2.55. The largest absolute Gasteiger partial charge is 0.393 e. The molecule has 1 saturated carbocycles. The lowest BCUT2D eigenvalue weighted by Gasteiger charge is -2.50. The number of hydrogen-bond donors (Lipinski definition) is 1. The molecule has 1 aliphatic carbocycles. The number of piperidine rings is 2. The first-order valence-electron chi connectivity index (χ1n) is 10.5. The number of aryl methyl sites for hydroxylation is 1. The van der Waals surface area contributed by atoms with Crippen LogP contribution >= 0.6 is 0 Å². The van der Waals surface area contributed by atoms with Crippen molar-refractivity contribution in [2.45, 2.75) is 77.0 Å². The van der Waals surface area contributed by atoms with Gasteiger partial charge in [-0.2, -0.15) is 0 Å². The topological polar surface area (TPSA) is 69.6 Å². The minimum absolute atomic E-state index is 0.163. The number of likely N-dealkylation sites (tertiary alicyclic amines) is 2. The summed E-state index contributed by atoms with van der Waals surface area (Å²) >= 11 is 0. The molecule has 1 N–H and O–H groups in total. The Bertz CT molecular complexity index is 647. The normalized spacial score (nSPS) is 29.3. The fourth-order valence-electron chi connectivity index (χ4n) is 5.10. The molecule has 1 aromatic rings.